The molecule has 31 heavy (non-hydrogen) atoms. The molecule has 0 spiro atoms. The maximum Gasteiger partial charge on any atom is 0.238 e. The van der Waals surface area contributed by atoms with Gasteiger partial charge in [0, 0.05) is 16.8 Å². The van der Waals surface area contributed by atoms with E-state index in [4.69, 9.17) is 0 Å². The summed E-state index contributed by atoms with van der Waals surface area (Å²) < 4.78 is 0.825. The Morgan fingerprint density at radius 3 is 1.90 bits per heavy atom. The fourth-order valence-electron chi connectivity index (χ4n) is 4.63. The SMILES string of the molecule is O=C1c2c(O)cccc2C([C@@H]2CC(=O)N(c3ccc(Br)cc3)C2=O)c2cccc(O)c21. The highest BCUT2D eigenvalue weighted by molar-refractivity contribution is 9.10. The number of imide groups is 1. The average Bonchev–Trinajstić information content (AvgIpc) is 3.03. The Morgan fingerprint density at radius 2 is 1.35 bits per heavy atom. The number of hydrogen-bond donors (Lipinski definition) is 2. The normalized spacial score (nSPS) is 18.3. The van der Waals surface area contributed by atoms with Crippen LogP contribution in [0.2, 0.25) is 0 Å². The quantitative estimate of drug-likeness (QED) is 0.541. The van der Waals surface area contributed by atoms with Crippen LogP contribution in [0.1, 0.15) is 39.4 Å². The fourth-order valence-corrected chi connectivity index (χ4v) is 4.90. The van der Waals surface area contributed by atoms with Crippen LogP contribution >= 0.6 is 15.9 Å². The van der Waals surface area contributed by atoms with E-state index in [1.165, 1.54) is 17.0 Å². The van der Waals surface area contributed by atoms with Gasteiger partial charge < -0.3 is 10.2 Å². The highest BCUT2D eigenvalue weighted by Crippen LogP contribution is 2.49. The van der Waals surface area contributed by atoms with Crippen LogP contribution in [0, 0.1) is 5.92 Å². The number of carbonyl (C=O) groups is 3. The first-order valence-corrected chi connectivity index (χ1v) is 10.5. The van der Waals surface area contributed by atoms with Gasteiger partial charge in [0.15, 0.2) is 0 Å². The molecule has 154 valence electrons. The second-order valence-corrected chi connectivity index (χ2v) is 8.56. The van der Waals surface area contributed by atoms with Crippen molar-refractivity contribution in [3.05, 3.63) is 87.4 Å². The molecule has 3 aromatic carbocycles. The summed E-state index contributed by atoms with van der Waals surface area (Å²) in [4.78, 5) is 40.6. The smallest absolute Gasteiger partial charge is 0.238 e. The highest BCUT2D eigenvalue weighted by atomic mass is 79.9. The number of aromatic hydroxyl groups is 2. The lowest BCUT2D eigenvalue weighted by molar-refractivity contribution is -0.122. The lowest BCUT2D eigenvalue weighted by atomic mass is 9.70. The minimum atomic E-state index is -0.773. The Kier molecular flexibility index (Phi) is 4.44. The predicted molar refractivity (Wildman–Crippen MR) is 116 cm³/mol. The molecule has 0 bridgehead atoms. The molecule has 5 rings (SSSR count). The molecule has 1 aliphatic heterocycles. The van der Waals surface area contributed by atoms with E-state index in [0.717, 1.165) is 4.47 Å². The molecule has 1 saturated heterocycles. The van der Waals surface area contributed by atoms with Crippen molar-refractivity contribution in [1.82, 2.24) is 0 Å². The van der Waals surface area contributed by atoms with Gasteiger partial charge in [0.2, 0.25) is 17.6 Å². The number of halogens is 1. The number of carbonyl (C=O) groups excluding carboxylic acids is 3. The van der Waals surface area contributed by atoms with E-state index in [0.29, 0.717) is 16.8 Å². The van der Waals surface area contributed by atoms with Crippen molar-refractivity contribution in [1.29, 1.82) is 0 Å². The number of amides is 2. The van der Waals surface area contributed by atoms with Crippen molar-refractivity contribution in [2.75, 3.05) is 4.90 Å². The number of ketones is 1. The van der Waals surface area contributed by atoms with E-state index in [-0.39, 0.29) is 40.9 Å². The van der Waals surface area contributed by atoms with Crippen LogP contribution in [0.5, 0.6) is 11.5 Å². The number of phenols is 2. The van der Waals surface area contributed by atoms with E-state index >= 15 is 0 Å². The standard InChI is InChI=1S/C24H16BrNO5/c25-12-7-9-13(10-8-12)26-19(29)11-16(24(26)31)20-14-3-1-5-17(27)21(14)23(30)22-15(20)4-2-6-18(22)28/h1-10,16,20,27-28H,11H2/t16-/m0/s1. The molecule has 7 heteroatoms. The van der Waals surface area contributed by atoms with E-state index in [1.54, 1.807) is 48.5 Å². The second-order valence-electron chi connectivity index (χ2n) is 7.64. The number of hydrogen-bond acceptors (Lipinski definition) is 5. The highest BCUT2D eigenvalue weighted by Gasteiger charge is 2.48. The topological polar surface area (TPSA) is 94.9 Å². The minimum absolute atomic E-state index is 0.0437. The largest absolute Gasteiger partial charge is 0.507 e. The first-order chi connectivity index (χ1) is 14.9. The number of nitrogens with zero attached hydrogens (tertiary/aromatic N) is 1. The third-order valence-corrected chi connectivity index (χ3v) is 6.47. The van der Waals surface area contributed by atoms with Gasteiger partial charge in [-0.3, -0.25) is 19.3 Å². The molecule has 3 aromatic rings. The predicted octanol–water partition coefficient (Wildman–Crippen LogP) is 4.12. The molecular formula is C24H16BrNO5. The Balaban J connectivity index is 1.67. The summed E-state index contributed by atoms with van der Waals surface area (Å²) in [6.07, 6.45) is -0.0437. The summed E-state index contributed by atoms with van der Waals surface area (Å²) in [5.41, 5.74) is 1.55. The Labute approximate surface area is 185 Å². The van der Waals surface area contributed by atoms with Gasteiger partial charge in [0.1, 0.15) is 11.5 Å². The summed E-state index contributed by atoms with van der Waals surface area (Å²) >= 11 is 3.35. The van der Waals surface area contributed by atoms with E-state index in [9.17, 15) is 24.6 Å². The van der Waals surface area contributed by atoms with Crippen molar-refractivity contribution in [2.24, 2.45) is 5.92 Å². The van der Waals surface area contributed by atoms with Gasteiger partial charge in [0.25, 0.3) is 0 Å². The first kappa shape index (κ1) is 19.5. The van der Waals surface area contributed by atoms with Crippen molar-refractivity contribution in [2.45, 2.75) is 12.3 Å². The molecule has 0 unspecified atom stereocenters. The first-order valence-electron chi connectivity index (χ1n) is 9.69. The maximum absolute atomic E-state index is 13.5. The maximum atomic E-state index is 13.5. The summed E-state index contributed by atoms with van der Waals surface area (Å²) in [5, 5.41) is 20.8. The number of phenolic OH excluding ortho intramolecular Hbond substituents is 2. The molecule has 2 aliphatic rings. The van der Waals surface area contributed by atoms with Gasteiger partial charge in [-0.1, -0.05) is 40.2 Å². The number of benzene rings is 3. The van der Waals surface area contributed by atoms with Gasteiger partial charge in [0.05, 0.1) is 22.7 Å². The van der Waals surface area contributed by atoms with Gasteiger partial charge in [-0.05, 0) is 47.5 Å². The van der Waals surface area contributed by atoms with Gasteiger partial charge in [-0.15, -0.1) is 0 Å². The average molecular weight is 478 g/mol. The molecule has 2 N–H and O–H groups in total. The molecule has 0 aromatic heterocycles. The van der Waals surface area contributed by atoms with Crippen LogP contribution in [0.3, 0.4) is 0 Å². The molecule has 2 amide bonds. The third-order valence-electron chi connectivity index (χ3n) is 5.94. The summed E-state index contributed by atoms with van der Waals surface area (Å²) in [6, 6.07) is 16.3. The molecule has 1 heterocycles. The fraction of sp³-hybridized carbons (Fsp3) is 0.125. The van der Waals surface area contributed by atoms with Crippen molar-refractivity contribution in [3.8, 4) is 11.5 Å². The summed E-state index contributed by atoms with van der Waals surface area (Å²) in [6.45, 7) is 0. The van der Waals surface area contributed by atoms with Crippen molar-refractivity contribution < 1.29 is 24.6 Å². The Hall–Kier alpha value is -3.45. The summed E-state index contributed by atoms with van der Waals surface area (Å²) in [5.74, 6) is -3.08. The minimum Gasteiger partial charge on any atom is -0.507 e. The molecule has 1 atom stereocenters. The summed E-state index contributed by atoms with van der Waals surface area (Å²) in [7, 11) is 0. The zero-order valence-electron chi connectivity index (χ0n) is 16.1. The van der Waals surface area contributed by atoms with Crippen molar-refractivity contribution >= 4 is 39.2 Å². The molecule has 1 aliphatic carbocycles. The Morgan fingerprint density at radius 1 is 0.806 bits per heavy atom. The van der Waals surface area contributed by atoms with E-state index < -0.39 is 17.6 Å². The molecule has 0 radical (unpaired) electrons. The van der Waals surface area contributed by atoms with Crippen LogP contribution in [0.4, 0.5) is 5.69 Å². The van der Waals surface area contributed by atoms with Gasteiger partial charge >= 0.3 is 0 Å². The van der Waals surface area contributed by atoms with Gasteiger partial charge in [-0.25, -0.2) is 0 Å². The zero-order chi connectivity index (χ0) is 21.9. The van der Waals surface area contributed by atoms with E-state index in [1.807, 2.05) is 0 Å². The van der Waals surface area contributed by atoms with Gasteiger partial charge in [-0.2, -0.15) is 0 Å². The molecule has 1 fully saturated rings. The number of rotatable bonds is 2. The number of fused-ring (bicyclic) bond motifs is 2. The van der Waals surface area contributed by atoms with Crippen LogP contribution in [0.25, 0.3) is 0 Å². The Bertz CT molecular complexity index is 1210. The molecule has 0 saturated carbocycles. The van der Waals surface area contributed by atoms with Crippen LogP contribution < -0.4 is 4.90 Å². The van der Waals surface area contributed by atoms with E-state index in [2.05, 4.69) is 15.9 Å². The van der Waals surface area contributed by atoms with Crippen molar-refractivity contribution in [3.63, 3.8) is 0 Å². The molecule has 6 nitrogen and oxygen atoms in total. The van der Waals surface area contributed by atoms with Crippen LogP contribution in [-0.2, 0) is 9.59 Å². The monoisotopic (exact) mass is 477 g/mol. The zero-order valence-corrected chi connectivity index (χ0v) is 17.7. The lowest BCUT2D eigenvalue weighted by Gasteiger charge is -2.31. The number of anilines is 1. The third kappa shape index (κ3) is 2.88. The lowest BCUT2D eigenvalue weighted by Crippen LogP contribution is -2.33. The van der Waals surface area contributed by atoms with Crippen LogP contribution in [0.15, 0.2) is 65.1 Å². The van der Waals surface area contributed by atoms with Crippen LogP contribution in [-0.4, -0.2) is 27.8 Å². The second kappa shape index (κ2) is 7.06. The molecular weight excluding hydrogens is 462 g/mol.